The predicted molar refractivity (Wildman–Crippen MR) is 44.5 cm³/mol. The predicted octanol–water partition coefficient (Wildman–Crippen LogP) is 1.85. The number of halogens is 1. The summed E-state index contributed by atoms with van der Waals surface area (Å²) in [5, 5.41) is 9.48. The molecule has 1 aromatic carbocycles. The monoisotopic (exact) mass is 166 g/mol. The van der Waals surface area contributed by atoms with Gasteiger partial charge in [-0.3, -0.25) is 0 Å². The van der Waals surface area contributed by atoms with Crippen molar-refractivity contribution in [1.29, 1.82) is 0 Å². The maximum atomic E-state index is 13.1. The molecular formula is C10H11FO. The zero-order chi connectivity index (χ0) is 8.72. The van der Waals surface area contributed by atoms with E-state index in [-0.39, 0.29) is 11.7 Å². The first-order chi connectivity index (χ1) is 5.70. The smallest absolute Gasteiger partial charge is 0.126 e. The van der Waals surface area contributed by atoms with E-state index in [1.165, 1.54) is 6.07 Å². The van der Waals surface area contributed by atoms with Crippen LogP contribution in [0.25, 0.3) is 0 Å². The normalized spacial score (nSPS) is 27.2. The van der Waals surface area contributed by atoms with Crippen LogP contribution in [0.4, 0.5) is 4.39 Å². The Balaban J connectivity index is 2.53. The van der Waals surface area contributed by atoms with E-state index < -0.39 is 6.10 Å². The summed E-state index contributed by atoms with van der Waals surface area (Å²) >= 11 is 0. The lowest BCUT2D eigenvalue weighted by atomic mass is 10.0. The Morgan fingerprint density at radius 2 is 2.25 bits per heavy atom. The summed E-state index contributed by atoms with van der Waals surface area (Å²) in [6.45, 7) is 1.93. The van der Waals surface area contributed by atoms with E-state index >= 15 is 0 Å². The van der Waals surface area contributed by atoms with Gasteiger partial charge in [0.15, 0.2) is 0 Å². The van der Waals surface area contributed by atoms with Gasteiger partial charge in [-0.2, -0.15) is 0 Å². The van der Waals surface area contributed by atoms with Crippen molar-refractivity contribution in [2.75, 3.05) is 0 Å². The number of aliphatic hydroxyl groups excluding tert-OH is 1. The Hall–Kier alpha value is -0.890. The van der Waals surface area contributed by atoms with E-state index in [9.17, 15) is 9.50 Å². The molecule has 0 aromatic heterocycles. The summed E-state index contributed by atoms with van der Waals surface area (Å²) in [6.07, 6.45) is 0.0558. The number of hydrogen-bond acceptors (Lipinski definition) is 1. The average Bonchev–Trinajstić information content (AvgIpc) is 2.32. The first-order valence-electron chi connectivity index (χ1n) is 4.15. The molecule has 1 N–H and O–H groups in total. The average molecular weight is 166 g/mol. The molecule has 0 saturated heterocycles. The Morgan fingerprint density at radius 3 is 2.92 bits per heavy atom. The van der Waals surface area contributed by atoms with Crippen LogP contribution < -0.4 is 0 Å². The Bertz CT molecular complexity index is 309. The third kappa shape index (κ3) is 0.950. The molecule has 2 rings (SSSR count). The summed E-state index contributed by atoms with van der Waals surface area (Å²) in [7, 11) is 0. The maximum Gasteiger partial charge on any atom is 0.126 e. The van der Waals surface area contributed by atoms with Gasteiger partial charge in [0, 0.05) is 12.3 Å². The Morgan fingerprint density at radius 1 is 1.50 bits per heavy atom. The van der Waals surface area contributed by atoms with Crippen molar-refractivity contribution in [3.8, 4) is 0 Å². The van der Waals surface area contributed by atoms with Crippen molar-refractivity contribution in [2.24, 2.45) is 0 Å². The molecule has 1 aromatic rings. The molecule has 12 heavy (non-hydrogen) atoms. The van der Waals surface area contributed by atoms with Crippen LogP contribution in [0.5, 0.6) is 0 Å². The molecule has 0 bridgehead atoms. The largest absolute Gasteiger partial charge is 0.392 e. The van der Waals surface area contributed by atoms with Gasteiger partial charge in [-0.25, -0.2) is 4.39 Å². The van der Waals surface area contributed by atoms with Crippen molar-refractivity contribution in [1.82, 2.24) is 0 Å². The van der Waals surface area contributed by atoms with E-state index in [2.05, 4.69) is 0 Å². The number of benzene rings is 1. The molecule has 64 valence electrons. The molecule has 0 saturated carbocycles. The quantitative estimate of drug-likeness (QED) is 0.623. The number of aliphatic hydroxyl groups is 1. The Labute approximate surface area is 70.8 Å². The SMILES string of the molecule is CC1c2cccc(F)c2C[C@H]1O. The molecule has 1 unspecified atom stereocenters. The third-order valence-corrected chi connectivity index (χ3v) is 2.64. The van der Waals surface area contributed by atoms with Gasteiger partial charge in [-0.1, -0.05) is 19.1 Å². The summed E-state index contributed by atoms with van der Waals surface area (Å²) in [6, 6.07) is 5.03. The fraction of sp³-hybridized carbons (Fsp3) is 0.400. The van der Waals surface area contributed by atoms with Crippen LogP contribution in [-0.4, -0.2) is 11.2 Å². The second kappa shape index (κ2) is 2.56. The van der Waals surface area contributed by atoms with Crippen molar-refractivity contribution in [3.63, 3.8) is 0 Å². The highest BCUT2D eigenvalue weighted by atomic mass is 19.1. The van der Waals surface area contributed by atoms with E-state index in [0.29, 0.717) is 12.0 Å². The van der Waals surface area contributed by atoms with Crippen LogP contribution >= 0.6 is 0 Å². The van der Waals surface area contributed by atoms with Gasteiger partial charge in [0.25, 0.3) is 0 Å². The fourth-order valence-electron chi connectivity index (χ4n) is 1.81. The lowest BCUT2D eigenvalue weighted by molar-refractivity contribution is 0.162. The molecule has 2 atom stereocenters. The number of fused-ring (bicyclic) bond motifs is 1. The standard InChI is InChI=1S/C10H11FO/c1-6-7-3-2-4-9(11)8(7)5-10(6)12/h2-4,6,10,12H,5H2,1H3/t6?,10-/m1/s1. The van der Waals surface area contributed by atoms with Crippen molar-refractivity contribution >= 4 is 0 Å². The van der Waals surface area contributed by atoms with Crippen molar-refractivity contribution < 1.29 is 9.50 Å². The second-order valence-electron chi connectivity index (χ2n) is 3.37. The van der Waals surface area contributed by atoms with Gasteiger partial charge < -0.3 is 5.11 Å². The molecule has 1 nitrogen and oxygen atoms in total. The molecule has 0 heterocycles. The topological polar surface area (TPSA) is 20.2 Å². The summed E-state index contributed by atoms with van der Waals surface area (Å²) in [5.41, 5.74) is 1.65. The van der Waals surface area contributed by atoms with E-state index in [1.807, 2.05) is 13.0 Å². The second-order valence-corrected chi connectivity index (χ2v) is 3.37. The molecule has 1 aliphatic rings. The Kier molecular flexibility index (Phi) is 1.65. The number of hydrogen-bond donors (Lipinski definition) is 1. The summed E-state index contributed by atoms with van der Waals surface area (Å²) < 4.78 is 13.1. The van der Waals surface area contributed by atoms with Gasteiger partial charge in [-0.05, 0) is 17.2 Å². The van der Waals surface area contributed by atoms with Crippen LogP contribution in [-0.2, 0) is 6.42 Å². The van der Waals surface area contributed by atoms with E-state index in [4.69, 9.17) is 0 Å². The zero-order valence-corrected chi connectivity index (χ0v) is 6.92. The van der Waals surface area contributed by atoms with Crippen LogP contribution in [0.1, 0.15) is 24.0 Å². The van der Waals surface area contributed by atoms with Crippen molar-refractivity contribution in [2.45, 2.75) is 25.4 Å². The van der Waals surface area contributed by atoms with Crippen molar-refractivity contribution in [3.05, 3.63) is 35.1 Å². The first kappa shape index (κ1) is 7.74. The van der Waals surface area contributed by atoms with Gasteiger partial charge >= 0.3 is 0 Å². The number of rotatable bonds is 0. The molecule has 0 fully saturated rings. The van der Waals surface area contributed by atoms with Gasteiger partial charge in [0.2, 0.25) is 0 Å². The molecule has 2 heteroatoms. The molecule has 0 spiro atoms. The lowest BCUT2D eigenvalue weighted by Gasteiger charge is -2.07. The van der Waals surface area contributed by atoms with Gasteiger partial charge in [0.1, 0.15) is 5.82 Å². The summed E-state index contributed by atoms with van der Waals surface area (Å²) in [4.78, 5) is 0. The minimum atomic E-state index is -0.406. The highest BCUT2D eigenvalue weighted by Crippen LogP contribution is 2.33. The van der Waals surface area contributed by atoms with Gasteiger partial charge in [-0.15, -0.1) is 0 Å². The van der Waals surface area contributed by atoms with Crippen LogP contribution in [0.3, 0.4) is 0 Å². The van der Waals surface area contributed by atoms with Gasteiger partial charge in [0.05, 0.1) is 6.10 Å². The van der Waals surface area contributed by atoms with E-state index in [0.717, 1.165) is 5.56 Å². The highest BCUT2D eigenvalue weighted by Gasteiger charge is 2.28. The minimum Gasteiger partial charge on any atom is -0.392 e. The molecule has 0 aliphatic heterocycles. The molecule has 0 radical (unpaired) electrons. The van der Waals surface area contributed by atoms with Crippen LogP contribution in [0.15, 0.2) is 18.2 Å². The third-order valence-electron chi connectivity index (χ3n) is 2.64. The first-order valence-corrected chi connectivity index (χ1v) is 4.15. The lowest BCUT2D eigenvalue weighted by Crippen LogP contribution is -2.09. The molecule has 1 aliphatic carbocycles. The highest BCUT2D eigenvalue weighted by molar-refractivity contribution is 5.37. The maximum absolute atomic E-state index is 13.1. The minimum absolute atomic E-state index is 0.0794. The molecule has 0 amide bonds. The zero-order valence-electron chi connectivity index (χ0n) is 6.92. The van der Waals surface area contributed by atoms with Crippen LogP contribution in [0, 0.1) is 5.82 Å². The van der Waals surface area contributed by atoms with E-state index in [1.54, 1.807) is 6.07 Å². The molecular weight excluding hydrogens is 155 g/mol. The van der Waals surface area contributed by atoms with Crippen LogP contribution in [0.2, 0.25) is 0 Å². The summed E-state index contributed by atoms with van der Waals surface area (Å²) in [5.74, 6) is -0.105. The fourth-order valence-corrected chi connectivity index (χ4v) is 1.81.